The summed E-state index contributed by atoms with van der Waals surface area (Å²) in [6, 6.07) is 6.65. The second kappa shape index (κ2) is 5.26. The molecule has 0 fully saturated rings. The number of carbonyl (C=O) groups is 2. The molecule has 0 aliphatic carbocycles. The van der Waals surface area contributed by atoms with Crippen molar-refractivity contribution in [2.75, 3.05) is 5.43 Å². The molecule has 1 aromatic rings. The molecular formula is C9H7BrN2O4. The molecule has 0 saturated carbocycles. The number of halogens is 1. The topological polar surface area (TPSA) is 99.0 Å². The van der Waals surface area contributed by atoms with Crippen LogP contribution in [-0.4, -0.2) is 27.9 Å². The Hall–Kier alpha value is -1.89. The Balaban J connectivity index is 2.81. The average Bonchev–Trinajstić information content (AvgIpc) is 2.20. The van der Waals surface area contributed by atoms with Crippen LogP contribution in [0.15, 0.2) is 33.8 Å². The van der Waals surface area contributed by atoms with Crippen molar-refractivity contribution in [3.05, 3.63) is 28.7 Å². The lowest BCUT2D eigenvalue weighted by molar-refractivity contribution is -0.134. The molecule has 0 radical (unpaired) electrons. The Morgan fingerprint density at radius 2 is 1.62 bits per heavy atom. The van der Waals surface area contributed by atoms with E-state index < -0.39 is 17.7 Å². The molecule has 16 heavy (non-hydrogen) atoms. The molecule has 84 valence electrons. The molecule has 0 saturated heterocycles. The van der Waals surface area contributed by atoms with Gasteiger partial charge in [-0.3, -0.25) is 5.43 Å². The molecule has 0 atom stereocenters. The van der Waals surface area contributed by atoms with Crippen molar-refractivity contribution in [3.8, 4) is 0 Å². The molecule has 0 aliphatic rings. The summed E-state index contributed by atoms with van der Waals surface area (Å²) in [5.41, 5.74) is 1.86. The summed E-state index contributed by atoms with van der Waals surface area (Å²) in [7, 11) is 0. The fourth-order valence-corrected chi connectivity index (χ4v) is 1.10. The van der Waals surface area contributed by atoms with E-state index in [0.717, 1.165) is 4.47 Å². The van der Waals surface area contributed by atoms with Crippen LogP contribution in [0.5, 0.6) is 0 Å². The van der Waals surface area contributed by atoms with Crippen molar-refractivity contribution in [2.45, 2.75) is 0 Å². The van der Waals surface area contributed by atoms with Crippen LogP contribution in [0.2, 0.25) is 0 Å². The van der Waals surface area contributed by atoms with Crippen LogP contribution in [-0.2, 0) is 9.59 Å². The fourth-order valence-electron chi connectivity index (χ4n) is 0.832. The van der Waals surface area contributed by atoms with Gasteiger partial charge in [0.05, 0.1) is 5.69 Å². The first-order chi connectivity index (χ1) is 7.50. The molecule has 0 unspecified atom stereocenters. The molecule has 0 aromatic heterocycles. The zero-order chi connectivity index (χ0) is 12.1. The summed E-state index contributed by atoms with van der Waals surface area (Å²) in [6.45, 7) is 0. The third-order valence-corrected chi connectivity index (χ3v) is 2.07. The lowest BCUT2D eigenvalue weighted by atomic mass is 10.3. The summed E-state index contributed by atoms with van der Waals surface area (Å²) in [6.07, 6.45) is 0. The number of benzene rings is 1. The Labute approximate surface area is 98.7 Å². The molecule has 0 heterocycles. The second-order valence-corrected chi connectivity index (χ2v) is 3.61. The minimum Gasteiger partial charge on any atom is -0.476 e. The second-order valence-electron chi connectivity index (χ2n) is 2.69. The molecule has 7 heteroatoms. The third kappa shape index (κ3) is 3.35. The van der Waals surface area contributed by atoms with E-state index in [9.17, 15) is 9.59 Å². The number of nitrogens with one attached hydrogen (secondary N) is 1. The number of hydrogen-bond acceptors (Lipinski definition) is 4. The van der Waals surface area contributed by atoms with Gasteiger partial charge in [0.15, 0.2) is 0 Å². The van der Waals surface area contributed by atoms with Gasteiger partial charge >= 0.3 is 11.9 Å². The maximum absolute atomic E-state index is 10.5. The van der Waals surface area contributed by atoms with E-state index in [0.29, 0.717) is 5.69 Å². The lowest BCUT2D eigenvalue weighted by Crippen LogP contribution is -2.24. The van der Waals surface area contributed by atoms with E-state index in [1.54, 1.807) is 24.3 Å². The van der Waals surface area contributed by atoms with Crippen LogP contribution in [0.25, 0.3) is 0 Å². The van der Waals surface area contributed by atoms with Gasteiger partial charge < -0.3 is 10.2 Å². The summed E-state index contributed by atoms with van der Waals surface area (Å²) in [5, 5.41) is 20.3. The normalized spacial score (nSPS) is 9.31. The molecule has 0 amide bonds. The Bertz CT molecular complexity index is 425. The van der Waals surface area contributed by atoms with Crippen molar-refractivity contribution in [1.82, 2.24) is 0 Å². The first-order valence-corrected chi connectivity index (χ1v) is 4.86. The van der Waals surface area contributed by atoms with Gasteiger partial charge in [-0.25, -0.2) is 9.59 Å². The van der Waals surface area contributed by atoms with Gasteiger partial charge in [0.1, 0.15) is 0 Å². The van der Waals surface area contributed by atoms with Gasteiger partial charge in [-0.05, 0) is 24.3 Å². The van der Waals surface area contributed by atoms with Crippen LogP contribution in [0.4, 0.5) is 5.69 Å². The fraction of sp³-hybridized carbons (Fsp3) is 0. The summed E-state index contributed by atoms with van der Waals surface area (Å²) in [5.74, 6) is -3.20. The van der Waals surface area contributed by atoms with E-state index in [2.05, 4.69) is 26.5 Å². The Kier molecular flexibility index (Phi) is 4.01. The standard InChI is InChI=1S/C9H7BrN2O4/c10-5-1-3-6(4-2-5)11-12-7(8(13)14)9(15)16/h1-4,11H,(H,13,14)(H,15,16). The number of rotatable bonds is 4. The molecule has 3 N–H and O–H groups in total. The maximum atomic E-state index is 10.5. The van der Waals surface area contributed by atoms with Gasteiger partial charge in [-0.1, -0.05) is 15.9 Å². The molecule has 1 aromatic carbocycles. The highest BCUT2D eigenvalue weighted by molar-refractivity contribution is 9.10. The molecule has 0 bridgehead atoms. The molecule has 6 nitrogen and oxygen atoms in total. The summed E-state index contributed by atoms with van der Waals surface area (Å²) >= 11 is 3.22. The summed E-state index contributed by atoms with van der Waals surface area (Å²) in [4.78, 5) is 20.9. The monoisotopic (exact) mass is 286 g/mol. The van der Waals surface area contributed by atoms with Gasteiger partial charge in [-0.15, -0.1) is 0 Å². The van der Waals surface area contributed by atoms with Crippen molar-refractivity contribution in [2.24, 2.45) is 5.10 Å². The SMILES string of the molecule is O=C(O)C(=NNc1ccc(Br)cc1)C(=O)O. The summed E-state index contributed by atoms with van der Waals surface area (Å²) < 4.78 is 0.846. The first kappa shape index (κ1) is 12.2. The van der Waals surface area contributed by atoms with E-state index in [1.165, 1.54) is 0 Å². The zero-order valence-corrected chi connectivity index (χ0v) is 9.43. The van der Waals surface area contributed by atoms with Crippen LogP contribution in [0.1, 0.15) is 0 Å². The zero-order valence-electron chi connectivity index (χ0n) is 7.85. The van der Waals surface area contributed by atoms with E-state index in [4.69, 9.17) is 10.2 Å². The Morgan fingerprint density at radius 1 is 1.12 bits per heavy atom. The van der Waals surface area contributed by atoms with Crippen LogP contribution >= 0.6 is 15.9 Å². The predicted octanol–water partition coefficient (Wildman–Crippen LogP) is 1.39. The van der Waals surface area contributed by atoms with Crippen LogP contribution in [0.3, 0.4) is 0 Å². The average molecular weight is 287 g/mol. The van der Waals surface area contributed by atoms with Gasteiger partial charge in [0.2, 0.25) is 0 Å². The van der Waals surface area contributed by atoms with Gasteiger partial charge in [0.25, 0.3) is 5.71 Å². The number of nitrogens with zero attached hydrogens (tertiary/aromatic N) is 1. The molecule has 0 spiro atoms. The minimum absolute atomic E-state index is 0.489. The quantitative estimate of drug-likeness (QED) is 0.441. The van der Waals surface area contributed by atoms with Crippen LogP contribution in [0, 0.1) is 0 Å². The highest BCUT2D eigenvalue weighted by Gasteiger charge is 2.18. The Morgan fingerprint density at radius 3 is 2.06 bits per heavy atom. The molecule has 0 aliphatic heterocycles. The molecule has 1 rings (SSSR count). The van der Waals surface area contributed by atoms with E-state index >= 15 is 0 Å². The highest BCUT2D eigenvalue weighted by atomic mass is 79.9. The van der Waals surface area contributed by atoms with E-state index in [-0.39, 0.29) is 0 Å². The van der Waals surface area contributed by atoms with Gasteiger partial charge in [0, 0.05) is 4.47 Å². The van der Waals surface area contributed by atoms with Crippen molar-refractivity contribution < 1.29 is 19.8 Å². The minimum atomic E-state index is -1.60. The molecular weight excluding hydrogens is 280 g/mol. The smallest absolute Gasteiger partial charge is 0.364 e. The maximum Gasteiger partial charge on any atom is 0.364 e. The van der Waals surface area contributed by atoms with Crippen molar-refractivity contribution in [1.29, 1.82) is 0 Å². The first-order valence-electron chi connectivity index (χ1n) is 4.06. The van der Waals surface area contributed by atoms with Crippen LogP contribution < -0.4 is 5.43 Å². The number of hydrazone groups is 1. The largest absolute Gasteiger partial charge is 0.476 e. The number of anilines is 1. The van der Waals surface area contributed by atoms with E-state index in [1.807, 2.05) is 0 Å². The number of hydrogen-bond donors (Lipinski definition) is 3. The number of aliphatic carboxylic acids is 2. The lowest BCUT2D eigenvalue weighted by Gasteiger charge is -2.00. The van der Waals surface area contributed by atoms with Gasteiger partial charge in [-0.2, -0.15) is 5.10 Å². The van der Waals surface area contributed by atoms with Crippen molar-refractivity contribution in [3.63, 3.8) is 0 Å². The highest BCUT2D eigenvalue weighted by Crippen LogP contribution is 2.13. The third-order valence-electron chi connectivity index (χ3n) is 1.55. The number of carboxylic acid groups (broad SMARTS) is 2. The number of carboxylic acids is 2. The predicted molar refractivity (Wildman–Crippen MR) is 60.5 cm³/mol. The van der Waals surface area contributed by atoms with Crippen molar-refractivity contribution >= 4 is 39.3 Å².